The van der Waals surface area contributed by atoms with E-state index in [9.17, 15) is 0 Å². The van der Waals surface area contributed by atoms with E-state index < -0.39 is 0 Å². The summed E-state index contributed by atoms with van der Waals surface area (Å²) < 4.78 is 5.55. The number of fused-ring (bicyclic) bond motifs is 1. The smallest absolute Gasteiger partial charge is 0.136 e. The highest BCUT2D eigenvalue weighted by atomic mass is 16.3. The normalized spacial score (nSPS) is 15.4. The molecule has 1 heterocycles. The molecule has 0 saturated heterocycles. The molecule has 3 rings (SSSR count). The molecule has 2 aromatic rings. The van der Waals surface area contributed by atoms with E-state index in [1.165, 1.54) is 23.9 Å². The van der Waals surface area contributed by atoms with Gasteiger partial charge in [0, 0.05) is 31.6 Å². The lowest BCUT2D eigenvalue weighted by molar-refractivity contribution is 0.612. The van der Waals surface area contributed by atoms with Crippen molar-refractivity contribution in [3.05, 3.63) is 30.5 Å². The average molecular weight is 230 g/mol. The van der Waals surface area contributed by atoms with Gasteiger partial charge in [-0.1, -0.05) is 12.1 Å². The van der Waals surface area contributed by atoms with Crippen molar-refractivity contribution >= 4 is 16.7 Å². The van der Waals surface area contributed by atoms with Gasteiger partial charge in [0.05, 0.1) is 5.69 Å². The van der Waals surface area contributed by atoms with Crippen LogP contribution in [0.3, 0.4) is 0 Å². The minimum atomic E-state index is 0.782. The fourth-order valence-electron chi connectivity index (χ4n) is 2.10. The third-order valence-electron chi connectivity index (χ3n) is 3.33. The fraction of sp³-hybridized carbons (Fsp3) is 0.429. The van der Waals surface area contributed by atoms with Crippen molar-refractivity contribution in [1.82, 2.24) is 5.32 Å². The molecule has 1 aromatic carbocycles. The molecular weight excluding hydrogens is 212 g/mol. The van der Waals surface area contributed by atoms with Gasteiger partial charge in [-0.25, -0.2) is 0 Å². The molecule has 17 heavy (non-hydrogen) atoms. The summed E-state index contributed by atoms with van der Waals surface area (Å²) in [5.41, 5.74) is 2.14. The fourth-order valence-corrected chi connectivity index (χ4v) is 2.10. The first kappa shape index (κ1) is 10.7. The van der Waals surface area contributed by atoms with E-state index in [0.29, 0.717) is 0 Å². The van der Waals surface area contributed by atoms with Gasteiger partial charge in [-0.05, 0) is 25.0 Å². The summed E-state index contributed by atoms with van der Waals surface area (Å²) >= 11 is 0. The molecule has 90 valence electrons. The number of nitrogens with one attached hydrogen (secondary N) is 1. The largest absolute Gasteiger partial charge is 0.462 e. The van der Waals surface area contributed by atoms with Crippen LogP contribution in [0.4, 0.5) is 5.69 Å². The Morgan fingerprint density at radius 2 is 2.18 bits per heavy atom. The molecule has 1 aliphatic rings. The molecule has 0 unspecified atom stereocenters. The summed E-state index contributed by atoms with van der Waals surface area (Å²) in [6.45, 7) is 2.06. The van der Waals surface area contributed by atoms with Crippen molar-refractivity contribution in [3.63, 3.8) is 0 Å². The minimum absolute atomic E-state index is 0.782. The summed E-state index contributed by atoms with van der Waals surface area (Å²) in [6.07, 6.45) is 4.54. The van der Waals surface area contributed by atoms with Crippen LogP contribution < -0.4 is 10.2 Å². The van der Waals surface area contributed by atoms with Gasteiger partial charge in [-0.3, -0.25) is 0 Å². The summed E-state index contributed by atoms with van der Waals surface area (Å²) in [5.74, 6) is 0. The van der Waals surface area contributed by atoms with Gasteiger partial charge in [-0.2, -0.15) is 0 Å². The number of anilines is 1. The van der Waals surface area contributed by atoms with E-state index >= 15 is 0 Å². The first-order chi connectivity index (χ1) is 8.34. The molecule has 3 heteroatoms. The zero-order chi connectivity index (χ0) is 11.7. The van der Waals surface area contributed by atoms with Crippen molar-refractivity contribution in [2.24, 2.45) is 0 Å². The number of furan rings is 1. The Kier molecular flexibility index (Phi) is 2.77. The predicted molar refractivity (Wildman–Crippen MR) is 70.5 cm³/mol. The monoisotopic (exact) mass is 230 g/mol. The quantitative estimate of drug-likeness (QED) is 0.856. The molecule has 0 radical (unpaired) electrons. The molecule has 0 amide bonds. The van der Waals surface area contributed by atoms with Crippen molar-refractivity contribution in [2.45, 2.75) is 18.9 Å². The number of likely N-dealkylation sites (N-methyl/N-ethyl adjacent to an activating group) is 1. The third kappa shape index (κ3) is 2.29. The Hall–Kier alpha value is -1.48. The maximum atomic E-state index is 5.55. The lowest BCUT2D eigenvalue weighted by Crippen LogP contribution is -2.30. The van der Waals surface area contributed by atoms with Crippen LogP contribution in [0.1, 0.15) is 12.8 Å². The highest BCUT2D eigenvalue weighted by Gasteiger charge is 2.20. The van der Waals surface area contributed by atoms with E-state index in [0.717, 1.165) is 24.7 Å². The van der Waals surface area contributed by atoms with Gasteiger partial charge < -0.3 is 14.6 Å². The standard InChI is InChI=1S/C14H18N2O/c1-16(9-8-15-11-6-7-11)13-10-17-14-5-3-2-4-12(13)14/h2-5,10-11,15H,6-9H2,1H3. The van der Waals surface area contributed by atoms with Crippen molar-refractivity contribution in [1.29, 1.82) is 0 Å². The first-order valence-electron chi connectivity index (χ1n) is 6.25. The van der Waals surface area contributed by atoms with Crippen LogP contribution in [-0.4, -0.2) is 26.2 Å². The van der Waals surface area contributed by atoms with E-state index in [1.54, 1.807) is 0 Å². The summed E-state index contributed by atoms with van der Waals surface area (Å²) in [6, 6.07) is 8.96. The first-order valence-corrected chi connectivity index (χ1v) is 6.25. The zero-order valence-corrected chi connectivity index (χ0v) is 10.1. The molecule has 1 fully saturated rings. The highest BCUT2D eigenvalue weighted by molar-refractivity contribution is 5.90. The number of hydrogen-bond donors (Lipinski definition) is 1. The number of benzene rings is 1. The number of para-hydroxylation sites is 1. The second-order valence-corrected chi connectivity index (χ2v) is 4.77. The lowest BCUT2D eigenvalue weighted by atomic mass is 10.2. The Morgan fingerprint density at radius 1 is 1.35 bits per heavy atom. The SMILES string of the molecule is CN(CCNC1CC1)c1coc2ccccc12. The zero-order valence-electron chi connectivity index (χ0n) is 10.1. The maximum Gasteiger partial charge on any atom is 0.136 e. The topological polar surface area (TPSA) is 28.4 Å². The van der Waals surface area contributed by atoms with Gasteiger partial charge >= 0.3 is 0 Å². The molecule has 1 N–H and O–H groups in total. The van der Waals surface area contributed by atoms with Crippen LogP contribution in [0, 0.1) is 0 Å². The summed E-state index contributed by atoms with van der Waals surface area (Å²) in [4.78, 5) is 2.25. The minimum Gasteiger partial charge on any atom is -0.462 e. The predicted octanol–water partition coefficient (Wildman–Crippen LogP) is 2.62. The second kappa shape index (κ2) is 4.41. The molecule has 0 aliphatic heterocycles. The number of hydrogen-bond acceptors (Lipinski definition) is 3. The molecule has 3 nitrogen and oxygen atoms in total. The van der Waals surface area contributed by atoms with Gasteiger partial charge in [-0.15, -0.1) is 0 Å². The van der Waals surface area contributed by atoms with E-state index in [1.807, 2.05) is 18.4 Å². The molecular formula is C14H18N2O. The Bertz CT molecular complexity index is 502. The molecule has 1 saturated carbocycles. The maximum absolute atomic E-state index is 5.55. The van der Waals surface area contributed by atoms with E-state index in [-0.39, 0.29) is 0 Å². The van der Waals surface area contributed by atoms with Crippen molar-refractivity contribution in [3.8, 4) is 0 Å². The summed E-state index contributed by atoms with van der Waals surface area (Å²) in [7, 11) is 2.12. The van der Waals surface area contributed by atoms with Crippen LogP contribution in [0.15, 0.2) is 34.9 Å². The van der Waals surface area contributed by atoms with Gasteiger partial charge in [0.1, 0.15) is 11.8 Å². The highest BCUT2D eigenvalue weighted by Crippen LogP contribution is 2.27. The Labute approximate surface area is 101 Å². The third-order valence-corrected chi connectivity index (χ3v) is 3.33. The van der Waals surface area contributed by atoms with Crippen LogP contribution in [0.2, 0.25) is 0 Å². The average Bonchev–Trinajstić information content (AvgIpc) is 3.07. The van der Waals surface area contributed by atoms with Crippen molar-refractivity contribution in [2.75, 3.05) is 25.0 Å². The van der Waals surface area contributed by atoms with Crippen LogP contribution in [-0.2, 0) is 0 Å². The molecule has 0 spiro atoms. The Morgan fingerprint density at radius 3 is 3.00 bits per heavy atom. The number of nitrogens with zero attached hydrogens (tertiary/aromatic N) is 1. The van der Waals surface area contributed by atoms with Crippen molar-refractivity contribution < 1.29 is 4.42 Å². The van der Waals surface area contributed by atoms with Gasteiger partial charge in [0.2, 0.25) is 0 Å². The molecule has 0 bridgehead atoms. The Balaban J connectivity index is 1.68. The van der Waals surface area contributed by atoms with Crippen LogP contribution >= 0.6 is 0 Å². The van der Waals surface area contributed by atoms with E-state index in [4.69, 9.17) is 4.42 Å². The van der Waals surface area contributed by atoms with Crippen LogP contribution in [0.5, 0.6) is 0 Å². The van der Waals surface area contributed by atoms with Gasteiger partial charge in [0.25, 0.3) is 0 Å². The second-order valence-electron chi connectivity index (χ2n) is 4.77. The molecule has 0 atom stereocenters. The van der Waals surface area contributed by atoms with E-state index in [2.05, 4.69) is 29.4 Å². The molecule has 1 aliphatic carbocycles. The lowest BCUT2D eigenvalue weighted by Gasteiger charge is -2.17. The number of rotatable bonds is 5. The van der Waals surface area contributed by atoms with Gasteiger partial charge in [0.15, 0.2) is 0 Å². The summed E-state index contributed by atoms with van der Waals surface area (Å²) in [5, 5.41) is 4.72. The van der Waals surface area contributed by atoms with Crippen LogP contribution in [0.25, 0.3) is 11.0 Å². The molecule has 1 aromatic heterocycles.